The molecule has 1 saturated carbocycles. The van der Waals surface area contributed by atoms with E-state index in [4.69, 9.17) is 15.6 Å². The fraction of sp³-hybridized carbons (Fsp3) is 0.556. The van der Waals surface area contributed by atoms with Gasteiger partial charge in [-0.15, -0.1) is 0 Å². The van der Waals surface area contributed by atoms with Crippen LogP contribution in [0.3, 0.4) is 0 Å². The van der Waals surface area contributed by atoms with Crippen molar-refractivity contribution in [2.75, 3.05) is 13.1 Å². The lowest BCUT2D eigenvalue weighted by Gasteiger charge is -2.17. The zero-order valence-corrected chi connectivity index (χ0v) is 15.1. The number of nitrogens with one attached hydrogen (secondary N) is 2. The van der Waals surface area contributed by atoms with Gasteiger partial charge in [-0.25, -0.2) is 4.79 Å². The molecule has 27 heavy (non-hydrogen) atoms. The number of halogens is 3. The van der Waals surface area contributed by atoms with E-state index in [0.717, 1.165) is 13.0 Å². The van der Waals surface area contributed by atoms with Gasteiger partial charge in [-0.1, -0.05) is 30.3 Å². The van der Waals surface area contributed by atoms with E-state index in [1.165, 1.54) is 18.4 Å². The monoisotopic (exact) mass is 389 g/mol. The molecular formula is C18H26F3N3O3. The first kappa shape index (κ1) is 22.9. The van der Waals surface area contributed by atoms with Gasteiger partial charge >= 0.3 is 12.1 Å². The Labute approximate surface area is 156 Å². The topological polar surface area (TPSA) is 104 Å². The minimum absolute atomic E-state index is 0.0242. The summed E-state index contributed by atoms with van der Waals surface area (Å²) in [5.41, 5.74) is 7.32. The van der Waals surface area contributed by atoms with Gasteiger partial charge in [-0.05, 0) is 37.7 Å². The molecule has 0 spiro atoms. The molecule has 0 aromatic heterocycles. The Balaban J connectivity index is 0.000000445. The second kappa shape index (κ2) is 10.9. The minimum Gasteiger partial charge on any atom is -0.475 e. The van der Waals surface area contributed by atoms with Crippen molar-refractivity contribution >= 4 is 11.9 Å². The summed E-state index contributed by atoms with van der Waals surface area (Å²) >= 11 is 0. The molecule has 0 heterocycles. The minimum atomic E-state index is -5.08. The summed E-state index contributed by atoms with van der Waals surface area (Å²) < 4.78 is 31.7. The average molecular weight is 389 g/mol. The average Bonchev–Trinajstić information content (AvgIpc) is 3.42. The van der Waals surface area contributed by atoms with Crippen molar-refractivity contribution in [2.24, 2.45) is 11.7 Å². The molecule has 9 heteroatoms. The highest BCUT2D eigenvalue weighted by Crippen LogP contribution is 2.27. The van der Waals surface area contributed by atoms with Crippen molar-refractivity contribution in [1.82, 2.24) is 10.6 Å². The van der Waals surface area contributed by atoms with Crippen LogP contribution >= 0.6 is 0 Å². The van der Waals surface area contributed by atoms with Gasteiger partial charge in [-0.3, -0.25) is 4.79 Å². The second-order valence-electron chi connectivity index (χ2n) is 6.57. The van der Waals surface area contributed by atoms with Crippen LogP contribution in [-0.4, -0.2) is 48.3 Å². The molecule has 0 saturated heterocycles. The smallest absolute Gasteiger partial charge is 0.475 e. The van der Waals surface area contributed by atoms with Crippen molar-refractivity contribution < 1.29 is 27.9 Å². The van der Waals surface area contributed by atoms with Gasteiger partial charge in [0.05, 0.1) is 6.04 Å². The maximum Gasteiger partial charge on any atom is 0.490 e. The molecule has 1 fully saturated rings. The molecule has 2 atom stereocenters. The summed E-state index contributed by atoms with van der Waals surface area (Å²) in [6, 6.07) is 10.0. The Morgan fingerprint density at radius 3 is 2.30 bits per heavy atom. The van der Waals surface area contributed by atoms with E-state index in [1.54, 1.807) is 0 Å². The number of alkyl halides is 3. The van der Waals surface area contributed by atoms with Crippen LogP contribution in [0.25, 0.3) is 0 Å². The molecule has 5 N–H and O–H groups in total. The van der Waals surface area contributed by atoms with E-state index in [1.807, 2.05) is 25.1 Å². The molecule has 6 nitrogen and oxygen atoms in total. The van der Waals surface area contributed by atoms with Gasteiger partial charge < -0.3 is 21.5 Å². The first-order valence-corrected chi connectivity index (χ1v) is 8.70. The molecule has 1 aliphatic carbocycles. The Morgan fingerprint density at radius 1 is 1.26 bits per heavy atom. The summed E-state index contributed by atoms with van der Waals surface area (Å²) in [5.74, 6) is -1.97. The van der Waals surface area contributed by atoms with Crippen LogP contribution < -0.4 is 16.4 Å². The summed E-state index contributed by atoms with van der Waals surface area (Å²) in [5, 5.41) is 13.3. The van der Waals surface area contributed by atoms with E-state index in [0.29, 0.717) is 12.5 Å². The molecule has 0 bridgehead atoms. The van der Waals surface area contributed by atoms with Crippen LogP contribution in [0.1, 0.15) is 25.3 Å². The van der Waals surface area contributed by atoms with E-state index < -0.39 is 12.1 Å². The fourth-order valence-electron chi connectivity index (χ4n) is 2.13. The Morgan fingerprint density at radius 2 is 1.81 bits per heavy atom. The Bertz CT molecular complexity index is 593. The molecule has 152 valence electrons. The Hall–Kier alpha value is -2.13. The number of rotatable bonds is 8. The van der Waals surface area contributed by atoms with Crippen molar-refractivity contribution in [1.29, 1.82) is 0 Å². The summed E-state index contributed by atoms with van der Waals surface area (Å²) in [4.78, 5) is 20.7. The van der Waals surface area contributed by atoms with Gasteiger partial charge in [0.2, 0.25) is 5.91 Å². The van der Waals surface area contributed by atoms with Crippen molar-refractivity contribution in [3.8, 4) is 0 Å². The third-order valence-electron chi connectivity index (χ3n) is 3.92. The molecule has 1 aliphatic rings. The van der Waals surface area contributed by atoms with E-state index in [-0.39, 0.29) is 18.0 Å². The molecule has 1 aromatic carbocycles. The van der Waals surface area contributed by atoms with Gasteiger partial charge in [0.15, 0.2) is 0 Å². The lowest BCUT2D eigenvalue weighted by atomic mass is 10.1. The third kappa shape index (κ3) is 10.6. The molecule has 0 radical (unpaired) electrons. The van der Waals surface area contributed by atoms with Crippen LogP contribution in [0.5, 0.6) is 0 Å². The number of hydrogen-bond acceptors (Lipinski definition) is 4. The number of aliphatic carboxylic acids is 1. The van der Waals surface area contributed by atoms with Crippen molar-refractivity contribution in [3.05, 3.63) is 35.9 Å². The van der Waals surface area contributed by atoms with Crippen molar-refractivity contribution in [2.45, 2.75) is 44.4 Å². The number of hydrogen-bond donors (Lipinski definition) is 4. The molecule has 0 unspecified atom stereocenters. The standard InChI is InChI=1S/C16H25N3O.C2HF3O2/c1-12(16(20)19-10-14-7-8-14)18-11-15(17)9-13-5-3-2-4-6-13;3-2(4,5)1(6)7/h2-6,12,14-15,18H,7-11,17H2,1H3,(H,19,20);(H,6,7)/t12-,15-;/m0./s1. The number of amides is 1. The first-order chi connectivity index (χ1) is 12.6. The second-order valence-corrected chi connectivity index (χ2v) is 6.57. The van der Waals surface area contributed by atoms with Crippen LogP contribution in [0.4, 0.5) is 13.2 Å². The highest BCUT2D eigenvalue weighted by Gasteiger charge is 2.38. The molecule has 0 aliphatic heterocycles. The number of carboxylic acid groups (broad SMARTS) is 1. The zero-order chi connectivity index (χ0) is 20.4. The largest absolute Gasteiger partial charge is 0.490 e. The molecular weight excluding hydrogens is 363 g/mol. The summed E-state index contributed by atoms with van der Waals surface area (Å²) in [7, 11) is 0. The number of carboxylic acids is 1. The predicted octanol–water partition coefficient (Wildman–Crippen LogP) is 1.69. The highest BCUT2D eigenvalue weighted by atomic mass is 19.4. The SMILES string of the molecule is C[C@H](NC[C@@H](N)Cc1ccccc1)C(=O)NCC1CC1.O=C(O)C(F)(F)F. The highest BCUT2D eigenvalue weighted by molar-refractivity contribution is 5.81. The quantitative estimate of drug-likeness (QED) is 0.542. The summed E-state index contributed by atoms with van der Waals surface area (Å²) in [6.45, 7) is 3.35. The Kier molecular flexibility index (Phi) is 9.23. The van der Waals surface area contributed by atoms with Crippen LogP contribution in [0.2, 0.25) is 0 Å². The number of benzene rings is 1. The zero-order valence-electron chi connectivity index (χ0n) is 15.1. The van der Waals surface area contributed by atoms with Gasteiger partial charge in [-0.2, -0.15) is 13.2 Å². The number of carbonyl (C=O) groups is 2. The molecule has 2 rings (SSSR count). The van der Waals surface area contributed by atoms with E-state index in [9.17, 15) is 18.0 Å². The lowest BCUT2D eigenvalue weighted by Crippen LogP contribution is -2.47. The van der Waals surface area contributed by atoms with Crippen molar-refractivity contribution in [3.63, 3.8) is 0 Å². The van der Waals surface area contributed by atoms with Crippen LogP contribution in [0.15, 0.2) is 30.3 Å². The maximum atomic E-state index is 11.8. The molecule has 1 aromatic rings. The lowest BCUT2D eigenvalue weighted by molar-refractivity contribution is -0.192. The van der Waals surface area contributed by atoms with Gasteiger partial charge in [0, 0.05) is 19.1 Å². The predicted molar refractivity (Wildman–Crippen MR) is 95.0 cm³/mol. The van der Waals surface area contributed by atoms with Gasteiger partial charge in [0.1, 0.15) is 0 Å². The van der Waals surface area contributed by atoms with Crippen LogP contribution in [-0.2, 0) is 16.0 Å². The van der Waals surface area contributed by atoms with E-state index >= 15 is 0 Å². The maximum absolute atomic E-state index is 11.8. The number of carbonyl (C=O) groups excluding carboxylic acids is 1. The normalized spacial score (nSPS) is 15.9. The molecule has 1 amide bonds. The fourth-order valence-corrected chi connectivity index (χ4v) is 2.13. The first-order valence-electron chi connectivity index (χ1n) is 8.70. The van der Waals surface area contributed by atoms with Gasteiger partial charge in [0.25, 0.3) is 0 Å². The van der Waals surface area contributed by atoms with E-state index in [2.05, 4.69) is 22.8 Å². The summed E-state index contributed by atoms with van der Waals surface area (Å²) in [6.07, 6.45) is -1.75. The van der Waals surface area contributed by atoms with Crippen LogP contribution in [0, 0.1) is 5.92 Å². The number of nitrogens with two attached hydrogens (primary N) is 1. The third-order valence-corrected chi connectivity index (χ3v) is 3.92.